The number of rotatable bonds is 8. The van der Waals surface area contributed by atoms with Crippen LogP contribution in [0.5, 0.6) is 0 Å². The van der Waals surface area contributed by atoms with Crippen molar-refractivity contribution in [2.45, 2.75) is 0 Å². The first-order chi connectivity index (χ1) is 28.6. The van der Waals surface area contributed by atoms with Gasteiger partial charge in [-0.1, -0.05) is 176 Å². The Morgan fingerprint density at radius 3 is 1.31 bits per heavy atom. The smallest absolute Gasteiger partial charge is 0.164 e. The van der Waals surface area contributed by atoms with Gasteiger partial charge in [-0.3, -0.25) is 10.8 Å². The van der Waals surface area contributed by atoms with Gasteiger partial charge in [-0.15, -0.1) is 0 Å². The van der Waals surface area contributed by atoms with Crippen molar-refractivity contribution in [1.82, 2.24) is 15.0 Å². The van der Waals surface area contributed by atoms with Crippen LogP contribution in [0.4, 0.5) is 0 Å². The number of nitrogens with one attached hydrogen (secondary N) is 2. The van der Waals surface area contributed by atoms with E-state index < -0.39 is 0 Å². The number of nitrogens with zero attached hydrogens (tertiary/aromatic N) is 4. The first-order valence-electron chi connectivity index (χ1n) is 18.9. The van der Waals surface area contributed by atoms with Crippen LogP contribution in [-0.4, -0.2) is 26.4 Å². The molecule has 1 heterocycles. The summed E-state index contributed by atoms with van der Waals surface area (Å²) in [7, 11) is 0. The predicted octanol–water partition coefficient (Wildman–Crippen LogP) is 12.3. The average molecular weight is 743 g/mol. The fourth-order valence-electron chi connectivity index (χ4n) is 7.46. The Morgan fingerprint density at radius 2 is 0.741 bits per heavy atom. The van der Waals surface area contributed by atoms with Crippen LogP contribution in [0.3, 0.4) is 0 Å². The molecule has 1 aliphatic carbocycles. The van der Waals surface area contributed by atoms with Gasteiger partial charge in [0.2, 0.25) is 0 Å². The normalized spacial score (nSPS) is 12.4. The minimum absolute atomic E-state index is 0.189. The van der Waals surface area contributed by atoms with Crippen molar-refractivity contribution in [3.63, 3.8) is 0 Å². The highest BCUT2D eigenvalue weighted by atomic mass is 15.0. The van der Waals surface area contributed by atoms with Crippen molar-refractivity contribution in [1.29, 1.82) is 16.1 Å². The number of aromatic nitrogens is 3. The molecule has 0 aliphatic heterocycles. The molecule has 58 heavy (non-hydrogen) atoms. The summed E-state index contributed by atoms with van der Waals surface area (Å²) in [5, 5.41) is 27.7. The maximum absolute atomic E-state index is 9.66. The zero-order valence-corrected chi connectivity index (χ0v) is 31.3. The Balaban J connectivity index is 1.16. The lowest BCUT2D eigenvalue weighted by Gasteiger charge is -2.20. The second-order valence-corrected chi connectivity index (χ2v) is 13.9. The summed E-state index contributed by atoms with van der Waals surface area (Å²) in [6.45, 7) is 0. The third kappa shape index (κ3) is 6.85. The van der Waals surface area contributed by atoms with E-state index in [0.717, 1.165) is 66.8 Å². The first-order valence-corrected chi connectivity index (χ1v) is 18.9. The molecule has 0 unspecified atom stereocenters. The molecular weight excluding hydrogens is 709 g/mol. The van der Waals surface area contributed by atoms with Gasteiger partial charge in [0.05, 0.1) is 23.1 Å². The Kier molecular flexibility index (Phi) is 9.53. The standard InChI is InChI=1S/C52H34N6/c53-33-34-15-13-20-37(31-34)41-24-8-11-27-46(41)51-56-50(36-18-5-2-6-19-36)57-52(58-51)47-28-12-9-25-42(47)39-22-14-21-38(32-39)40-23-7-10-26-44(40)45-30-29-43(48(54)49(45)55)35-16-3-1-4-17-35/h1-32,54-55H. The molecule has 7 aromatic carbocycles. The van der Waals surface area contributed by atoms with Crippen molar-refractivity contribution in [2.75, 3.05) is 0 Å². The summed E-state index contributed by atoms with van der Waals surface area (Å²) in [5.41, 5.74) is 12.5. The van der Waals surface area contributed by atoms with Crippen LogP contribution in [0, 0.1) is 22.1 Å². The first kappa shape index (κ1) is 35.6. The SMILES string of the molecule is N#Cc1cccc(-c2ccccc2-c2nc(-c3ccccc3)nc(-c3ccccc3-c3cccc(-c4ccccc4C4=CC=C(c5ccccc5)C(=N)C4=N)c3)n2)c1. The summed E-state index contributed by atoms with van der Waals surface area (Å²) in [4.78, 5) is 15.3. The lowest BCUT2D eigenvalue weighted by Crippen LogP contribution is -2.19. The molecule has 1 aliphatic rings. The Labute approximate surface area is 336 Å². The quantitative estimate of drug-likeness (QED) is 0.151. The molecule has 0 spiro atoms. The predicted molar refractivity (Wildman–Crippen MR) is 235 cm³/mol. The highest BCUT2D eigenvalue weighted by Gasteiger charge is 2.24. The monoisotopic (exact) mass is 742 g/mol. The number of benzene rings is 7. The summed E-state index contributed by atoms with van der Waals surface area (Å²) in [5.74, 6) is 1.61. The molecule has 0 radical (unpaired) electrons. The summed E-state index contributed by atoms with van der Waals surface area (Å²) in [6, 6.07) is 62.2. The lowest BCUT2D eigenvalue weighted by atomic mass is 9.84. The molecule has 0 fully saturated rings. The third-order valence-electron chi connectivity index (χ3n) is 10.3. The molecular formula is C52H34N6. The van der Waals surface area contributed by atoms with Crippen molar-refractivity contribution >= 4 is 22.6 Å². The molecule has 0 bridgehead atoms. The Morgan fingerprint density at radius 1 is 0.345 bits per heavy atom. The van der Waals surface area contributed by atoms with Crippen LogP contribution in [0.25, 0.3) is 78.7 Å². The number of hydrogen-bond acceptors (Lipinski definition) is 6. The van der Waals surface area contributed by atoms with E-state index in [1.54, 1.807) is 6.07 Å². The van der Waals surface area contributed by atoms with Gasteiger partial charge < -0.3 is 0 Å². The highest BCUT2D eigenvalue weighted by Crippen LogP contribution is 2.39. The maximum Gasteiger partial charge on any atom is 0.164 e. The van der Waals surface area contributed by atoms with E-state index in [1.807, 2.05) is 158 Å². The third-order valence-corrected chi connectivity index (χ3v) is 10.3. The second kappa shape index (κ2) is 15.5. The summed E-state index contributed by atoms with van der Waals surface area (Å²) in [6.07, 6.45) is 3.91. The van der Waals surface area contributed by atoms with Crippen molar-refractivity contribution in [2.24, 2.45) is 0 Å². The molecule has 8 aromatic rings. The second-order valence-electron chi connectivity index (χ2n) is 13.9. The fourth-order valence-corrected chi connectivity index (χ4v) is 7.46. The average Bonchev–Trinajstić information content (AvgIpc) is 3.30. The zero-order valence-electron chi connectivity index (χ0n) is 31.3. The largest absolute Gasteiger partial charge is 0.298 e. The molecule has 1 aromatic heterocycles. The molecule has 9 rings (SSSR count). The highest BCUT2D eigenvalue weighted by molar-refractivity contribution is 6.68. The van der Waals surface area contributed by atoms with Crippen LogP contribution < -0.4 is 0 Å². The van der Waals surface area contributed by atoms with Gasteiger partial charge in [0.1, 0.15) is 0 Å². The van der Waals surface area contributed by atoms with E-state index in [-0.39, 0.29) is 11.4 Å². The maximum atomic E-state index is 9.66. The molecule has 0 atom stereocenters. The van der Waals surface area contributed by atoms with E-state index in [9.17, 15) is 5.26 Å². The fraction of sp³-hybridized carbons (Fsp3) is 0. The van der Waals surface area contributed by atoms with Gasteiger partial charge in [0.15, 0.2) is 17.5 Å². The minimum atomic E-state index is 0.189. The Hall–Kier alpha value is -8.14. The van der Waals surface area contributed by atoms with Crippen LogP contribution in [0.15, 0.2) is 194 Å². The topological polar surface area (TPSA) is 110 Å². The van der Waals surface area contributed by atoms with Crippen LogP contribution in [0.1, 0.15) is 16.7 Å². The van der Waals surface area contributed by atoms with Gasteiger partial charge in [-0.05, 0) is 62.7 Å². The minimum Gasteiger partial charge on any atom is -0.298 e. The number of nitriles is 1. The summed E-state index contributed by atoms with van der Waals surface area (Å²) >= 11 is 0. The van der Waals surface area contributed by atoms with Gasteiger partial charge in [-0.25, -0.2) is 15.0 Å². The summed E-state index contributed by atoms with van der Waals surface area (Å²) < 4.78 is 0. The molecule has 6 nitrogen and oxygen atoms in total. The lowest BCUT2D eigenvalue weighted by molar-refractivity contribution is 1.07. The van der Waals surface area contributed by atoms with E-state index in [4.69, 9.17) is 25.8 Å². The van der Waals surface area contributed by atoms with E-state index in [2.05, 4.69) is 36.4 Å². The van der Waals surface area contributed by atoms with Crippen molar-refractivity contribution in [3.05, 3.63) is 211 Å². The van der Waals surface area contributed by atoms with Crippen LogP contribution in [-0.2, 0) is 0 Å². The number of allylic oxidation sites excluding steroid dienone is 4. The molecule has 0 amide bonds. The van der Waals surface area contributed by atoms with Gasteiger partial charge in [-0.2, -0.15) is 5.26 Å². The van der Waals surface area contributed by atoms with Gasteiger partial charge >= 0.3 is 0 Å². The van der Waals surface area contributed by atoms with Crippen molar-refractivity contribution < 1.29 is 0 Å². The van der Waals surface area contributed by atoms with E-state index in [1.165, 1.54) is 0 Å². The van der Waals surface area contributed by atoms with Crippen LogP contribution >= 0.6 is 0 Å². The molecule has 272 valence electrons. The number of hydrogen-bond donors (Lipinski definition) is 2. The van der Waals surface area contributed by atoms with Crippen LogP contribution in [0.2, 0.25) is 0 Å². The van der Waals surface area contributed by atoms with Crippen molar-refractivity contribution in [3.8, 4) is 73.6 Å². The van der Waals surface area contributed by atoms with Gasteiger partial charge in [0, 0.05) is 27.8 Å². The van der Waals surface area contributed by atoms with E-state index >= 15 is 0 Å². The van der Waals surface area contributed by atoms with E-state index in [0.29, 0.717) is 28.6 Å². The molecule has 0 saturated heterocycles. The molecule has 2 N–H and O–H groups in total. The molecule has 0 saturated carbocycles. The molecule has 6 heteroatoms. The Bertz CT molecular complexity index is 2990. The van der Waals surface area contributed by atoms with Gasteiger partial charge in [0.25, 0.3) is 0 Å². The zero-order chi connectivity index (χ0) is 39.4.